The molecule has 20 heavy (non-hydrogen) atoms. The number of halogens is 2. The van der Waals surface area contributed by atoms with Crippen LogP contribution in [0.15, 0.2) is 33.9 Å². The fourth-order valence-electron chi connectivity index (χ4n) is 1.50. The van der Waals surface area contributed by atoms with Gasteiger partial charge in [-0.3, -0.25) is 0 Å². The molecule has 6 nitrogen and oxygen atoms in total. The van der Waals surface area contributed by atoms with E-state index in [-0.39, 0.29) is 28.6 Å². The molecule has 2 rings (SSSR count). The lowest BCUT2D eigenvalue weighted by Crippen LogP contribution is -2.24. The van der Waals surface area contributed by atoms with Crippen LogP contribution in [0.4, 0.5) is 4.39 Å². The molecule has 1 aromatic carbocycles. The Labute approximate surface area is 119 Å². The third kappa shape index (κ3) is 3.15. The third-order valence-electron chi connectivity index (χ3n) is 2.54. The van der Waals surface area contributed by atoms with E-state index in [0.29, 0.717) is 5.69 Å². The average molecular weight is 320 g/mol. The predicted molar refractivity (Wildman–Crippen MR) is 69.8 cm³/mol. The van der Waals surface area contributed by atoms with E-state index < -0.39 is 15.8 Å². The van der Waals surface area contributed by atoms with E-state index in [4.69, 9.17) is 17.3 Å². The van der Waals surface area contributed by atoms with E-state index in [9.17, 15) is 12.8 Å². The van der Waals surface area contributed by atoms with Gasteiger partial charge >= 0.3 is 0 Å². The lowest BCUT2D eigenvalue weighted by molar-refractivity contribution is 0.411. The molecule has 0 saturated heterocycles. The van der Waals surface area contributed by atoms with Gasteiger partial charge in [-0.15, -0.1) is 0 Å². The summed E-state index contributed by atoms with van der Waals surface area (Å²) in [6, 6.07) is 3.58. The largest absolute Gasteiger partial charge is 0.364 e. The first-order valence-electron chi connectivity index (χ1n) is 5.51. The SMILES string of the molecule is NCc1cc(S(=O)(=O)NCc2ccon2)cc(F)c1Cl. The van der Waals surface area contributed by atoms with Crippen LogP contribution < -0.4 is 10.5 Å². The zero-order chi connectivity index (χ0) is 14.8. The van der Waals surface area contributed by atoms with E-state index in [1.807, 2.05) is 0 Å². The van der Waals surface area contributed by atoms with Crippen LogP contribution in [-0.2, 0) is 23.1 Å². The Morgan fingerprint density at radius 1 is 1.45 bits per heavy atom. The predicted octanol–water partition coefficient (Wildman–Crippen LogP) is 1.40. The van der Waals surface area contributed by atoms with Crippen LogP contribution in [-0.4, -0.2) is 13.6 Å². The Morgan fingerprint density at radius 2 is 2.20 bits per heavy atom. The molecule has 2 aromatic rings. The first-order chi connectivity index (χ1) is 9.44. The lowest BCUT2D eigenvalue weighted by atomic mass is 10.2. The van der Waals surface area contributed by atoms with Crippen LogP contribution in [0.3, 0.4) is 0 Å². The first kappa shape index (κ1) is 14.9. The van der Waals surface area contributed by atoms with Crippen molar-refractivity contribution >= 4 is 21.6 Å². The number of nitrogens with one attached hydrogen (secondary N) is 1. The zero-order valence-electron chi connectivity index (χ0n) is 10.1. The highest BCUT2D eigenvalue weighted by molar-refractivity contribution is 7.89. The molecule has 0 amide bonds. The van der Waals surface area contributed by atoms with Gasteiger partial charge in [0.15, 0.2) is 0 Å². The lowest BCUT2D eigenvalue weighted by Gasteiger charge is -2.09. The summed E-state index contributed by atoms with van der Waals surface area (Å²) in [5.74, 6) is -0.837. The van der Waals surface area contributed by atoms with Gasteiger partial charge in [0.2, 0.25) is 10.0 Å². The number of benzene rings is 1. The summed E-state index contributed by atoms with van der Waals surface area (Å²) in [7, 11) is -3.89. The van der Waals surface area contributed by atoms with Crippen molar-refractivity contribution in [1.82, 2.24) is 9.88 Å². The van der Waals surface area contributed by atoms with Crippen molar-refractivity contribution in [3.8, 4) is 0 Å². The van der Waals surface area contributed by atoms with Crippen molar-refractivity contribution in [2.45, 2.75) is 18.0 Å². The molecule has 0 radical (unpaired) electrons. The van der Waals surface area contributed by atoms with Crippen molar-refractivity contribution in [1.29, 1.82) is 0 Å². The quantitative estimate of drug-likeness (QED) is 0.868. The second-order valence-corrected chi connectivity index (χ2v) is 6.04. The van der Waals surface area contributed by atoms with E-state index >= 15 is 0 Å². The minimum Gasteiger partial charge on any atom is -0.364 e. The van der Waals surface area contributed by atoms with Crippen molar-refractivity contribution < 1.29 is 17.3 Å². The van der Waals surface area contributed by atoms with Gasteiger partial charge in [-0.2, -0.15) is 0 Å². The highest BCUT2D eigenvalue weighted by Gasteiger charge is 2.18. The molecule has 0 saturated carbocycles. The van der Waals surface area contributed by atoms with E-state index in [2.05, 4.69) is 14.4 Å². The van der Waals surface area contributed by atoms with Crippen molar-refractivity contribution in [3.05, 3.63) is 46.6 Å². The summed E-state index contributed by atoms with van der Waals surface area (Å²) >= 11 is 5.68. The Morgan fingerprint density at radius 3 is 2.80 bits per heavy atom. The number of hydrogen-bond donors (Lipinski definition) is 2. The molecule has 0 fully saturated rings. The van der Waals surface area contributed by atoms with Crippen LogP contribution in [0.5, 0.6) is 0 Å². The molecule has 3 N–H and O–H groups in total. The van der Waals surface area contributed by atoms with Crippen molar-refractivity contribution in [3.63, 3.8) is 0 Å². The summed E-state index contributed by atoms with van der Waals surface area (Å²) in [5.41, 5.74) is 6.01. The van der Waals surface area contributed by atoms with Gasteiger partial charge in [0.25, 0.3) is 0 Å². The number of aromatic nitrogens is 1. The van der Waals surface area contributed by atoms with Crippen LogP contribution in [0.1, 0.15) is 11.3 Å². The summed E-state index contributed by atoms with van der Waals surface area (Å²) in [6.45, 7) is -0.135. The molecule has 0 unspecified atom stereocenters. The average Bonchev–Trinajstić information content (AvgIpc) is 2.92. The minimum atomic E-state index is -3.89. The van der Waals surface area contributed by atoms with Gasteiger partial charge in [-0.1, -0.05) is 16.8 Å². The van der Waals surface area contributed by atoms with Gasteiger partial charge in [-0.05, 0) is 17.7 Å². The summed E-state index contributed by atoms with van der Waals surface area (Å²) < 4.78 is 44.5. The highest BCUT2D eigenvalue weighted by Crippen LogP contribution is 2.24. The molecule has 0 aliphatic rings. The molecule has 0 aliphatic carbocycles. The Hall–Kier alpha value is -1.48. The molecule has 0 bridgehead atoms. The Balaban J connectivity index is 2.27. The van der Waals surface area contributed by atoms with Crippen LogP contribution in [0.25, 0.3) is 0 Å². The second kappa shape index (κ2) is 5.88. The molecule has 9 heteroatoms. The molecule has 1 heterocycles. The molecule has 0 aliphatic heterocycles. The Bertz CT molecular complexity index is 704. The molecular weight excluding hydrogens is 309 g/mol. The molecule has 108 valence electrons. The van der Waals surface area contributed by atoms with Crippen molar-refractivity contribution in [2.24, 2.45) is 5.73 Å². The maximum atomic E-state index is 13.6. The number of nitrogens with two attached hydrogens (primary N) is 1. The monoisotopic (exact) mass is 319 g/mol. The standard InChI is InChI=1S/C11H11ClFN3O3S/c12-11-7(5-14)3-9(4-10(11)13)20(17,18)15-6-8-1-2-19-16-8/h1-4,15H,5-6,14H2. The summed E-state index contributed by atoms with van der Waals surface area (Å²) in [6.07, 6.45) is 1.32. The van der Waals surface area contributed by atoms with Gasteiger partial charge in [-0.25, -0.2) is 17.5 Å². The number of nitrogens with zero attached hydrogens (tertiary/aromatic N) is 1. The zero-order valence-corrected chi connectivity index (χ0v) is 11.7. The summed E-state index contributed by atoms with van der Waals surface area (Å²) in [5, 5.41) is 3.38. The van der Waals surface area contributed by atoms with E-state index in [1.54, 1.807) is 0 Å². The van der Waals surface area contributed by atoms with Gasteiger partial charge in [0.1, 0.15) is 12.1 Å². The summed E-state index contributed by atoms with van der Waals surface area (Å²) in [4.78, 5) is -0.247. The Kier molecular flexibility index (Phi) is 4.39. The number of rotatable bonds is 5. The molecular formula is C11H11ClFN3O3S. The fourth-order valence-corrected chi connectivity index (χ4v) is 2.75. The topological polar surface area (TPSA) is 98.2 Å². The van der Waals surface area contributed by atoms with Gasteiger partial charge in [0.05, 0.1) is 22.2 Å². The molecule has 0 atom stereocenters. The molecule has 1 aromatic heterocycles. The minimum absolute atomic E-state index is 0.0671. The van der Waals surface area contributed by atoms with Crippen LogP contribution >= 0.6 is 11.6 Å². The molecule has 0 spiro atoms. The van der Waals surface area contributed by atoms with Gasteiger partial charge < -0.3 is 10.3 Å². The smallest absolute Gasteiger partial charge is 0.241 e. The second-order valence-electron chi connectivity index (χ2n) is 3.90. The van der Waals surface area contributed by atoms with Gasteiger partial charge in [0, 0.05) is 12.6 Å². The first-order valence-corrected chi connectivity index (χ1v) is 7.37. The highest BCUT2D eigenvalue weighted by atomic mass is 35.5. The van der Waals surface area contributed by atoms with Crippen LogP contribution in [0.2, 0.25) is 5.02 Å². The third-order valence-corrected chi connectivity index (χ3v) is 4.35. The normalized spacial score (nSPS) is 11.8. The van der Waals surface area contributed by atoms with Crippen molar-refractivity contribution in [2.75, 3.05) is 0 Å². The maximum Gasteiger partial charge on any atom is 0.241 e. The number of hydrogen-bond acceptors (Lipinski definition) is 5. The van der Waals surface area contributed by atoms with Crippen LogP contribution in [0, 0.1) is 5.82 Å². The number of sulfonamides is 1. The fraction of sp³-hybridized carbons (Fsp3) is 0.182. The maximum absolute atomic E-state index is 13.6. The van der Waals surface area contributed by atoms with E-state index in [0.717, 1.165) is 6.07 Å². The van der Waals surface area contributed by atoms with E-state index in [1.165, 1.54) is 18.4 Å².